The van der Waals surface area contributed by atoms with Gasteiger partial charge in [-0.25, -0.2) is 0 Å². The van der Waals surface area contributed by atoms with Crippen molar-refractivity contribution in [3.05, 3.63) is 72.0 Å². The van der Waals surface area contributed by atoms with Crippen molar-refractivity contribution in [2.45, 2.75) is 38.5 Å². The number of methoxy groups -OCH3 is 1. The Morgan fingerprint density at radius 2 is 2.00 bits per heavy atom. The van der Waals surface area contributed by atoms with Crippen molar-refractivity contribution >= 4 is 17.0 Å². The molecule has 3 aromatic rings. The Hall–Kier alpha value is -2.48. The molecule has 1 heterocycles. The van der Waals surface area contributed by atoms with E-state index in [9.17, 15) is 0 Å². The monoisotopic (exact) mass is 334 g/mol. The van der Waals surface area contributed by atoms with Crippen molar-refractivity contribution in [2.75, 3.05) is 7.11 Å². The van der Waals surface area contributed by atoms with Crippen molar-refractivity contribution < 1.29 is 9.15 Å². The first-order valence-corrected chi connectivity index (χ1v) is 8.95. The molecule has 130 valence electrons. The van der Waals surface area contributed by atoms with Crippen molar-refractivity contribution in [3.8, 4) is 5.75 Å². The smallest absolute Gasteiger partial charge is 0.133 e. The number of fused-ring (bicyclic) bond motifs is 1. The lowest BCUT2D eigenvalue weighted by molar-refractivity contribution is 0.412. The summed E-state index contributed by atoms with van der Waals surface area (Å²) in [4.78, 5) is 0. The summed E-state index contributed by atoms with van der Waals surface area (Å²) in [6.07, 6.45) is 9.79. The molecule has 2 heteroatoms. The van der Waals surface area contributed by atoms with Gasteiger partial charge in [0.25, 0.3) is 0 Å². The Morgan fingerprint density at radius 3 is 2.80 bits per heavy atom. The molecule has 25 heavy (non-hydrogen) atoms. The summed E-state index contributed by atoms with van der Waals surface area (Å²) in [6, 6.07) is 16.7. The van der Waals surface area contributed by atoms with Crippen LogP contribution in [-0.2, 0) is 5.41 Å². The van der Waals surface area contributed by atoms with Gasteiger partial charge in [0, 0.05) is 10.8 Å². The number of ether oxygens (including phenoxy) is 1. The van der Waals surface area contributed by atoms with Gasteiger partial charge < -0.3 is 9.15 Å². The SMILES string of the molecule is CCCC[C@@](C)(/C=C/c1ccc2occc2c1)c1cccc(OC)c1. The predicted octanol–water partition coefficient (Wildman–Crippen LogP) is 6.60. The number of benzene rings is 2. The van der Waals surface area contributed by atoms with E-state index in [1.54, 1.807) is 13.4 Å². The van der Waals surface area contributed by atoms with Gasteiger partial charge in [-0.3, -0.25) is 0 Å². The average Bonchev–Trinajstić information content (AvgIpc) is 3.12. The predicted molar refractivity (Wildman–Crippen MR) is 105 cm³/mol. The first-order valence-electron chi connectivity index (χ1n) is 8.95. The lowest BCUT2D eigenvalue weighted by Gasteiger charge is -2.27. The maximum absolute atomic E-state index is 5.43. The fraction of sp³-hybridized carbons (Fsp3) is 0.304. The molecular weight excluding hydrogens is 308 g/mol. The second-order valence-corrected chi connectivity index (χ2v) is 6.80. The topological polar surface area (TPSA) is 22.4 Å². The van der Waals surface area contributed by atoms with E-state index in [2.05, 4.69) is 56.3 Å². The van der Waals surface area contributed by atoms with Crippen LogP contribution in [-0.4, -0.2) is 7.11 Å². The summed E-state index contributed by atoms with van der Waals surface area (Å²) in [5.74, 6) is 0.911. The van der Waals surface area contributed by atoms with E-state index >= 15 is 0 Å². The molecule has 0 amide bonds. The molecule has 0 saturated heterocycles. The number of rotatable bonds is 7. The van der Waals surface area contributed by atoms with Crippen LogP contribution in [0.4, 0.5) is 0 Å². The second kappa shape index (κ2) is 7.60. The lowest BCUT2D eigenvalue weighted by atomic mass is 9.77. The highest BCUT2D eigenvalue weighted by Crippen LogP contribution is 2.34. The highest BCUT2D eigenvalue weighted by molar-refractivity contribution is 5.80. The number of hydrogen-bond acceptors (Lipinski definition) is 2. The fourth-order valence-electron chi connectivity index (χ4n) is 3.22. The Kier molecular flexibility index (Phi) is 5.28. The molecule has 0 spiro atoms. The summed E-state index contributed by atoms with van der Waals surface area (Å²) in [5, 5.41) is 1.14. The molecule has 0 bridgehead atoms. The zero-order chi connectivity index (χ0) is 17.7. The van der Waals surface area contributed by atoms with E-state index in [1.807, 2.05) is 18.2 Å². The highest BCUT2D eigenvalue weighted by Gasteiger charge is 2.23. The largest absolute Gasteiger partial charge is 0.497 e. The molecule has 2 nitrogen and oxygen atoms in total. The number of furan rings is 1. The molecule has 0 fully saturated rings. The molecule has 0 saturated carbocycles. The standard InChI is InChI=1S/C23H26O2/c1-4-5-13-23(2,20-7-6-8-21(17-20)24-3)14-11-18-9-10-22-19(16-18)12-15-25-22/h6-12,14-17H,4-5,13H2,1-3H3/b14-11+/t23-/m0/s1. The molecule has 0 aliphatic carbocycles. The van der Waals surface area contributed by atoms with Gasteiger partial charge in [-0.15, -0.1) is 0 Å². The van der Waals surface area contributed by atoms with Crippen LogP contribution in [0.1, 0.15) is 44.2 Å². The molecule has 0 aliphatic heterocycles. The normalized spacial score (nSPS) is 14.0. The van der Waals surface area contributed by atoms with Crippen molar-refractivity contribution in [2.24, 2.45) is 0 Å². The van der Waals surface area contributed by atoms with Gasteiger partial charge in [0.05, 0.1) is 13.4 Å². The van der Waals surface area contributed by atoms with Crippen LogP contribution in [0.25, 0.3) is 17.0 Å². The van der Waals surface area contributed by atoms with Gasteiger partial charge in [-0.1, -0.05) is 57.0 Å². The second-order valence-electron chi connectivity index (χ2n) is 6.80. The number of hydrogen-bond donors (Lipinski definition) is 0. The zero-order valence-electron chi connectivity index (χ0n) is 15.3. The quantitative estimate of drug-likeness (QED) is 0.485. The van der Waals surface area contributed by atoms with Crippen LogP contribution in [0.15, 0.2) is 65.3 Å². The van der Waals surface area contributed by atoms with Crippen molar-refractivity contribution in [3.63, 3.8) is 0 Å². The molecule has 0 aliphatic rings. The number of allylic oxidation sites excluding steroid dienone is 1. The third-order valence-corrected chi connectivity index (χ3v) is 4.90. The van der Waals surface area contributed by atoms with Gasteiger partial charge in [-0.2, -0.15) is 0 Å². The summed E-state index contributed by atoms with van der Waals surface area (Å²) in [5.41, 5.74) is 3.40. The molecule has 2 aromatic carbocycles. The van der Waals surface area contributed by atoms with E-state index < -0.39 is 0 Å². The molecule has 0 radical (unpaired) electrons. The van der Waals surface area contributed by atoms with Crippen LogP contribution in [0.3, 0.4) is 0 Å². The van der Waals surface area contributed by atoms with Gasteiger partial charge in [0.15, 0.2) is 0 Å². The molecule has 3 rings (SSSR count). The Labute approximate surface area is 150 Å². The maximum atomic E-state index is 5.43. The summed E-state index contributed by atoms with van der Waals surface area (Å²) >= 11 is 0. The Bertz CT molecular complexity index is 859. The third-order valence-electron chi connectivity index (χ3n) is 4.90. The fourth-order valence-corrected chi connectivity index (χ4v) is 3.22. The van der Waals surface area contributed by atoms with E-state index in [4.69, 9.17) is 9.15 Å². The summed E-state index contributed by atoms with van der Waals surface area (Å²) in [7, 11) is 1.72. The minimum atomic E-state index is -0.0180. The molecule has 1 aromatic heterocycles. The van der Waals surface area contributed by atoms with Gasteiger partial charge in [0.2, 0.25) is 0 Å². The van der Waals surface area contributed by atoms with E-state index in [-0.39, 0.29) is 5.41 Å². The Morgan fingerprint density at radius 1 is 1.12 bits per heavy atom. The minimum Gasteiger partial charge on any atom is -0.497 e. The van der Waals surface area contributed by atoms with E-state index in [0.29, 0.717) is 0 Å². The molecule has 1 atom stereocenters. The van der Waals surface area contributed by atoms with Crippen LogP contribution in [0.5, 0.6) is 5.75 Å². The van der Waals surface area contributed by atoms with E-state index in [1.165, 1.54) is 24.0 Å². The van der Waals surface area contributed by atoms with Gasteiger partial charge >= 0.3 is 0 Å². The third kappa shape index (κ3) is 3.96. The number of unbranched alkanes of at least 4 members (excludes halogenated alkanes) is 1. The van der Waals surface area contributed by atoms with Crippen LogP contribution >= 0.6 is 0 Å². The highest BCUT2D eigenvalue weighted by atomic mass is 16.5. The van der Waals surface area contributed by atoms with Gasteiger partial charge in [-0.05, 0) is 47.9 Å². The van der Waals surface area contributed by atoms with Crippen LogP contribution in [0.2, 0.25) is 0 Å². The molecule has 0 N–H and O–H groups in total. The molecule has 0 unspecified atom stereocenters. The Balaban J connectivity index is 1.93. The van der Waals surface area contributed by atoms with Gasteiger partial charge in [0.1, 0.15) is 11.3 Å². The van der Waals surface area contributed by atoms with E-state index in [0.717, 1.165) is 23.1 Å². The van der Waals surface area contributed by atoms with Crippen LogP contribution < -0.4 is 4.74 Å². The minimum absolute atomic E-state index is 0.0180. The van der Waals surface area contributed by atoms with Crippen molar-refractivity contribution in [1.82, 2.24) is 0 Å². The average molecular weight is 334 g/mol. The first-order chi connectivity index (χ1) is 12.1. The summed E-state index contributed by atoms with van der Waals surface area (Å²) in [6.45, 7) is 4.55. The summed E-state index contributed by atoms with van der Waals surface area (Å²) < 4.78 is 10.9. The maximum Gasteiger partial charge on any atom is 0.133 e. The van der Waals surface area contributed by atoms with Crippen molar-refractivity contribution in [1.29, 1.82) is 0 Å². The first kappa shape index (κ1) is 17.3. The lowest BCUT2D eigenvalue weighted by Crippen LogP contribution is -2.19. The van der Waals surface area contributed by atoms with Crippen LogP contribution in [0, 0.1) is 0 Å². The zero-order valence-corrected chi connectivity index (χ0v) is 15.3. The molecular formula is C23H26O2.